The first-order chi connectivity index (χ1) is 3.79. The fourth-order valence-corrected chi connectivity index (χ4v) is 0.343. The third kappa shape index (κ3) is 0.992. The Bertz CT molecular complexity index is 170. The number of rotatable bonds is 0. The van der Waals surface area contributed by atoms with Gasteiger partial charge < -0.3 is 0 Å². The van der Waals surface area contributed by atoms with E-state index in [-0.39, 0.29) is 0 Å². The van der Waals surface area contributed by atoms with Gasteiger partial charge in [-0.1, -0.05) is 0 Å². The van der Waals surface area contributed by atoms with E-state index in [1.165, 1.54) is 0 Å². The van der Waals surface area contributed by atoms with Crippen LogP contribution in [0.25, 0.3) is 0 Å². The second-order valence-corrected chi connectivity index (χ2v) is 1.24. The molecule has 0 saturated carbocycles. The summed E-state index contributed by atoms with van der Waals surface area (Å²) in [6, 6.07) is 1.65. The highest BCUT2D eigenvalue weighted by Gasteiger charge is 1.90. The first kappa shape index (κ1) is 5.15. The zero-order valence-corrected chi connectivity index (χ0v) is 3.86. The Morgan fingerprint density at radius 2 is 2.25 bits per heavy atom. The van der Waals surface area contributed by atoms with Gasteiger partial charge in [0, 0.05) is 12.1 Å². The maximum absolute atomic E-state index is 11.9. The van der Waals surface area contributed by atoms with Gasteiger partial charge in [-0.25, -0.2) is 9.37 Å². The second-order valence-electron chi connectivity index (χ2n) is 1.24. The van der Waals surface area contributed by atoms with Crippen molar-refractivity contribution in [1.82, 2.24) is 4.98 Å². The Labute approximate surface area is 45.0 Å². The molecule has 3 heteroatoms. The molecule has 8 heavy (non-hydrogen) atoms. The third-order valence-corrected chi connectivity index (χ3v) is 0.631. The van der Waals surface area contributed by atoms with Crippen molar-refractivity contribution in [1.29, 1.82) is 0 Å². The van der Waals surface area contributed by atoms with Gasteiger partial charge in [0.1, 0.15) is 5.82 Å². The van der Waals surface area contributed by atoms with Crippen LogP contribution in [-0.4, -0.2) is 4.98 Å². The first-order valence-corrected chi connectivity index (χ1v) is 1.98. The van der Waals surface area contributed by atoms with Crippen molar-refractivity contribution in [3.63, 3.8) is 0 Å². The molecule has 0 aliphatic heterocycles. The molecular formula is C5H2F2N. The van der Waals surface area contributed by atoms with Gasteiger partial charge in [-0.05, 0) is 0 Å². The number of nitrogens with zero attached hydrogens (tertiary/aromatic N) is 1. The summed E-state index contributed by atoms with van der Waals surface area (Å²) in [6.07, 6.45) is 2.03. The number of hydrogen-bond acceptors (Lipinski definition) is 1. The van der Waals surface area contributed by atoms with Crippen molar-refractivity contribution in [3.8, 4) is 0 Å². The number of halogens is 2. The van der Waals surface area contributed by atoms with Crippen LogP contribution in [0, 0.1) is 18.0 Å². The summed E-state index contributed by atoms with van der Waals surface area (Å²) >= 11 is 0. The lowest BCUT2D eigenvalue weighted by molar-refractivity contribution is 0.551. The molecule has 0 amide bonds. The van der Waals surface area contributed by atoms with Crippen molar-refractivity contribution in [3.05, 3.63) is 30.1 Å². The molecule has 1 aromatic heterocycles. The van der Waals surface area contributed by atoms with Gasteiger partial charge in [0.25, 0.3) is 0 Å². The quantitative estimate of drug-likeness (QED) is 0.461. The van der Waals surface area contributed by atoms with Crippen molar-refractivity contribution in [2.45, 2.75) is 0 Å². The molecule has 41 valence electrons. The third-order valence-electron chi connectivity index (χ3n) is 0.631. The molecule has 0 unspecified atom stereocenters. The van der Waals surface area contributed by atoms with E-state index in [1.807, 2.05) is 6.20 Å². The standard InChI is InChI=1S/C5H2F2N/c6-4-1-2-8-5(7)3-4/h1,3H. The molecule has 0 bridgehead atoms. The van der Waals surface area contributed by atoms with Crippen LogP contribution in [0.15, 0.2) is 12.1 Å². The number of pyridine rings is 1. The van der Waals surface area contributed by atoms with E-state index in [2.05, 4.69) is 4.98 Å². The highest BCUT2D eigenvalue weighted by molar-refractivity contribution is 4.93. The minimum Gasteiger partial charge on any atom is -0.218 e. The van der Waals surface area contributed by atoms with Gasteiger partial charge in [0.05, 0.1) is 6.20 Å². The van der Waals surface area contributed by atoms with E-state index >= 15 is 0 Å². The summed E-state index contributed by atoms with van der Waals surface area (Å²) in [5.41, 5.74) is 0. The van der Waals surface area contributed by atoms with Crippen LogP contribution >= 0.6 is 0 Å². The SMILES string of the molecule is Fc1c[c]nc(F)c1. The molecule has 1 radical (unpaired) electrons. The monoisotopic (exact) mass is 114 g/mol. The van der Waals surface area contributed by atoms with Crippen LogP contribution in [-0.2, 0) is 0 Å². The summed E-state index contributed by atoms with van der Waals surface area (Å²) in [5, 5.41) is 0. The number of hydrogen-bond donors (Lipinski definition) is 0. The molecule has 1 rings (SSSR count). The van der Waals surface area contributed by atoms with E-state index in [0.29, 0.717) is 6.07 Å². The summed E-state index contributed by atoms with van der Waals surface area (Å²) in [4.78, 5) is 3.01. The van der Waals surface area contributed by atoms with E-state index < -0.39 is 11.8 Å². The van der Waals surface area contributed by atoms with Gasteiger partial charge in [0.15, 0.2) is 0 Å². The van der Waals surface area contributed by atoms with Crippen LogP contribution in [0.1, 0.15) is 0 Å². The second kappa shape index (κ2) is 1.86. The average molecular weight is 114 g/mol. The van der Waals surface area contributed by atoms with E-state index in [1.54, 1.807) is 0 Å². The lowest BCUT2D eigenvalue weighted by Crippen LogP contribution is -1.81. The molecular weight excluding hydrogens is 112 g/mol. The van der Waals surface area contributed by atoms with E-state index in [0.717, 1.165) is 6.07 Å². The van der Waals surface area contributed by atoms with Crippen molar-refractivity contribution in [2.75, 3.05) is 0 Å². The van der Waals surface area contributed by atoms with Gasteiger partial charge >= 0.3 is 0 Å². The normalized spacial score (nSPS) is 9.25. The first-order valence-electron chi connectivity index (χ1n) is 1.98. The molecule has 0 aliphatic carbocycles. The minimum atomic E-state index is -0.843. The van der Waals surface area contributed by atoms with Crippen molar-refractivity contribution >= 4 is 0 Å². The lowest BCUT2D eigenvalue weighted by atomic mass is 10.5. The molecule has 0 atom stereocenters. The molecule has 1 aromatic rings. The molecule has 0 aliphatic rings. The maximum atomic E-state index is 11.9. The lowest BCUT2D eigenvalue weighted by Gasteiger charge is -1.82. The fourth-order valence-electron chi connectivity index (χ4n) is 0.343. The van der Waals surface area contributed by atoms with Gasteiger partial charge in [-0.2, -0.15) is 4.39 Å². The van der Waals surface area contributed by atoms with Gasteiger partial charge in [-0.15, -0.1) is 0 Å². The molecule has 0 spiro atoms. The minimum absolute atomic E-state index is 0.655. The van der Waals surface area contributed by atoms with Crippen molar-refractivity contribution < 1.29 is 8.78 Å². The Morgan fingerprint density at radius 1 is 1.50 bits per heavy atom. The summed E-state index contributed by atoms with van der Waals surface area (Å²) in [6.45, 7) is 0. The Kier molecular flexibility index (Phi) is 1.20. The predicted molar refractivity (Wildman–Crippen MR) is 23.0 cm³/mol. The van der Waals surface area contributed by atoms with Gasteiger partial charge in [0.2, 0.25) is 5.95 Å². The fraction of sp³-hybridized carbons (Fsp3) is 0. The summed E-state index contributed by atoms with van der Waals surface area (Å²) < 4.78 is 23.6. The highest BCUT2D eigenvalue weighted by atomic mass is 19.1. The van der Waals surface area contributed by atoms with Crippen LogP contribution in [0.2, 0.25) is 0 Å². The Balaban J connectivity index is 3.08. The Morgan fingerprint density at radius 3 is 2.62 bits per heavy atom. The predicted octanol–water partition coefficient (Wildman–Crippen LogP) is 1.16. The molecule has 0 aromatic carbocycles. The molecule has 1 nitrogen and oxygen atoms in total. The topological polar surface area (TPSA) is 12.9 Å². The van der Waals surface area contributed by atoms with Gasteiger partial charge in [-0.3, -0.25) is 0 Å². The zero-order chi connectivity index (χ0) is 5.98. The smallest absolute Gasteiger partial charge is 0.216 e. The molecule has 0 N–H and O–H groups in total. The maximum Gasteiger partial charge on any atom is 0.216 e. The molecule has 0 saturated heterocycles. The summed E-state index contributed by atoms with van der Waals surface area (Å²) in [7, 11) is 0. The number of aromatic nitrogens is 1. The highest BCUT2D eigenvalue weighted by Crippen LogP contribution is 1.94. The van der Waals surface area contributed by atoms with Crippen LogP contribution in [0.5, 0.6) is 0 Å². The van der Waals surface area contributed by atoms with Crippen LogP contribution < -0.4 is 0 Å². The molecule has 0 fully saturated rings. The zero-order valence-electron chi connectivity index (χ0n) is 3.86. The Hall–Kier alpha value is -0.990. The molecule has 1 heterocycles. The summed E-state index contributed by atoms with van der Waals surface area (Å²) in [5.74, 6) is -1.50. The average Bonchev–Trinajstić information content (AvgIpc) is 1.64. The largest absolute Gasteiger partial charge is 0.218 e. The van der Waals surface area contributed by atoms with E-state index in [4.69, 9.17) is 0 Å². The van der Waals surface area contributed by atoms with Crippen LogP contribution in [0.4, 0.5) is 8.78 Å². The van der Waals surface area contributed by atoms with Crippen molar-refractivity contribution in [2.24, 2.45) is 0 Å². The van der Waals surface area contributed by atoms with E-state index in [9.17, 15) is 8.78 Å². The van der Waals surface area contributed by atoms with Crippen LogP contribution in [0.3, 0.4) is 0 Å².